The Hall–Kier alpha value is -0.640. The van der Waals surface area contributed by atoms with Gasteiger partial charge in [-0.3, -0.25) is 9.18 Å². The van der Waals surface area contributed by atoms with Crippen LogP contribution in [0.4, 0.5) is 4.39 Å². The summed E-state index contributed by atoms with van der Waals surface area (Å²) in [7, 11) is 0. The molecule has 0 aliphatic carbocycles. The molecule has 0 unspecified atom stereocenters. The van der Waals surface area contributed by atoms with Crippen LogP contribution in [0, 0.1) is 5.92 Å². The normalized spacial score (nSPS) is 16.8. The lowest BCUT2D eigenvalue weighted by Gasteiger charge is -2.10. The molecule has 0 heterocycles. The summed E-state index contributed by atoms with van der Waals surface area (Å²) >= 11 is 0. The number of aliphatic carboxylic acids is 1. The van der Waals surface area contributed by atoms with Crippen molar-refractivity contribution in [2.24, 2.45) is 11.7 Å². The van der Waals surface area contributed by atoms with E-state index < -0.39 is 24.6 Å². The van der Waals surface area contributed by atoms with Gasteiger partial charge < -0.3 is 10.8 Å². The van der Waals surface area contributed by atoms with Gasteiger partial charge in [0.15, 0.2) is 0 Å². The maximum Gasteiger partial charge on any atom is 0.320 e. The largest absolute Gasteiger partial charge is 0.480 e. The third-order valence-electron chi connectivity index (χ3n) is 1.14. The van der Waals surface area contributed by atoms with Crippen LogP contribution in [0.15, 0.2) is 0 Å². The molecule has 4 heteroatoms. The first-order valence-corrected chi connectivity index (χ1v) is 2.64. The van der Waals surface area contributed by atoms with E-state index in [2.05, 4.69) is 0 Å². The molecule has 0 aromatic heterocycles. The highest BCUT2D eigenvalue weighted by Crippen LogP contribution is 2.00. The van der Waals surface area contributed by atoms with E-state index >= 15 is 0 Å². The molecule has 3 N–H and O–H groups in total. The van der Waals surface area contributed by atoms with Gasteiger partial charge >= 0.3 is 5.97 Å². The number of carboxylic acid groups (broad SMARTS) is 1. The van der Waals surface area contributed by atoms with E-state index in [1.54, 1.807) is 0 Å². The Morgan fingerprint density at radius 2 is 2.33 bits per heavy atom. The van der Waals surface area contributed by atoms with Crippen molar-refractivity contribution in [3.05, 3.63) is 0 Å². The van der Waals surface area contributed by atoms with Crippen LogP contribution in [0.25, 0.3) is 0 Å². The molecule has 0 aromatic rings. The lowest BCUT2D eigenvalue weighted by atomic mass is 10.1. The SMILES string of the molecule is C[C@H](CF)[C@@H](N)C(=O)O. The van der Waals surface area contributed by atoms with Gasteiger partial charge in [0.25, 0.3) is 0 Å². The molecule has 0 aliphatic heterocycles. The van der Waals surface area contributed by atoms with Crippen LogP contribution in [0.2, 0.25) is 0 Å². The molecule has 0 radical (unpaired) electrons. The Morgan fingerprint density at radius 1 is 1.89 bits per heavy atom. The molecule has 9 heavy (non-hydrogen) atoms. The highest BCUT2D eigenvalue weighted by Gasteiger charge is 2.18. The van der Waals surface area contributed by atoms with Crippen molar-refractivity contribution in [3.63, 3.8) is 0 Å². The van der Waals surface area contributed by atoms with E-state index in [1.165, 1.54) is 6.92 Å². The summed E-state index contributed by atoms with van der Waals surface area (Å²) in [5.41, 5.74) is 5.03. The van der Waals surface area contributed by atoms with E-state index in [0.29, 0.717) is 0 Å². The molecule has 0 rings (SSSR count). The molecule has 3 nitrogen and oxygen atoms in total. The van der Waals surface area contributed by atoms with E-state index in [1.807, 2.05) is 0 Å². The minimum absolute atomic E-state index is 0.595. The highest BCUT2D eigenvalue weighted by molar-refractivity contribution is 5.73. The molecule has 54 valence electrons. The number of hydrogen-bond donors (Lipinski definition) is 2. The van der Waals surface area contributed by atoms with E-state index in [4.69, 9.17) is 10.8 Å². The summed E-state index contributed by atoms with van der Waals surface area (Å²) in [6.07, 6.45) is 0. The zero-order valence-corrected chi connectivity index (χ0v) is 5.17. The molecule has 0 spiro atoms. The average molecular weight is 135 g/mol. The molecule has 0 aliphatic rings. The van der Waals surface area contributed by atoms with Crippen molar-refractivity contribution in [1.82, 2.24) is 0 Å². The van der Waals surface area contributed by atoms with Crippen molar-refractivity contribution in [2.45, 2.75) is 13.0 Å². The zero-order chi connectivity index (χ0) is 7.44. The van der Waals surface area contributed by atoms with Crippen LogP contribution >= 0.6 is 0 Å². The number of nitrogens with two attached hydrogens (primary N) is 1. The summed E-state index contributed by atoms with van der Waals surface area (Å²) in [4.78, 5) is 10.0. The maximum absolute atomic E-state index is 11.7. The van der Waals surface area contributed by atoms with Crippen molar-refractivity contribution in [1.29, 1.82) is 0 Å². The van der Waals surface area contributed by atoms with Gasteiger partial charge in [0, 0.05) is 5.92 Å². The van der Waals surface area contributed by atoms with E-state index in [-0.39, 0.29) is 0 Å². The molecular weight excluding hydrogens is 125 g/mol. The topological polar surface area (TPSA) is 63.3 Å². The predicted molar refractivity (Wildman–Crippen MR) is 30.8 cm³/mol. The second-order valence-corrected chi connectivity index (χ2v) is 2.00. The zero-order valence-electron chi connectivity index (χ0n) is 5.17. The second-order valence-electron chi connectivity index (χ2n) is 2.00. The fourth-order valence-corrected chi connectivity index (χ4v) is 0.339. The minimum Gasteiger partial charge on any atom is -0.480 e. The van der Waals surface area contributed by atoms with E-state index in [9.17, 15) is 9.18 Å². The second kappa shape index (κ2) is 3.40. The van der Waals surface area contributed by atoms with Crippen molar-refractivity contribution >= 4 is 5.97 Å². The fraction of sp³-hybridized carbons (Fsp3) is 0.800. The van der Waals surface area contributed by atoms with Gasteiger partial charge in [-0.1, -0.05) is 6.92 Å². The van der Waals surface area contributed by atoms with Crippen LogP contribution in [0.1, 0.15) is 6.92 Å². The molecule has 0 bridgehead atoms. The maximum atomic E-state index is 11.7. The minimum atomic E-state index is -1.15. The summed E-state index contributed by atoms with van der Waals surface area (Å²) in [6, 6.07) is -1.07. The average Bonchev–Trinajstić information content (AvgIpc) is 1.84. The van der Waals surface area contributed by atoms with Crippen molar-refractivity contribution < 1.29 is 14.3 Å². The third-order valence-corrected chi connectivity index (χ3v) is 1.14. The quantitative estimate of drug-likeness (QED) is 0.572. The smallest absolute Gasteiger partial charge is 0.320 e. The van der Waals surface area contributed by atoms with Crippen LogP contribution < -0.4 is 5.73 Å². The van der Waals surface area contributed by atoms with Crippen LogP contribution in [0.5, 0.6) is 0 Å². The van der Waals surface area contributed by atoms with Gasteiger partial charge in [-0.15, -0.1) is 0 Å². The Labute approximate surface area is 52.7 Å². The first kappa shape index (κ1) is 8.36. The molecule has 2 atom stereocenters. The number of halogens is 1. The Morgan fingerprint density at radius 3 is 2.44 bits per heavy atom. The number of carboxylic acids is 1. The first-order valence-electron chi connectivity index (χ1n) is 2.64. The van der Waals surface area contributed by atoms with Gasteiger partial charge in [0.1, 0.15) is 6.04 Å². The van der Waals surface area contributed by atoms with Crippen molar-refractivity contribution in [2.75, 3.05) is 6.67 Å². The monoisotopic (exact) mass is 135 g/mol. The Kier molecular flexibility index (Phi) is 3.16. The van der Waals surface area contributed by atoms with Gasteiger partial charge in [0.2, 0.25) is 0 Å². The molecule has 0 aromatic carbocycles. The summed E-state index contributed by atoms with van der Waals surface area (Å²) in [5, 5.41) is 8.19. The Bertz CT molecular complexity index is 107. The van der Waals surface area contributed by atoms with Crippen molar-refractivity contribution in [3.8, 4) is 0 Å². The molecule has 0 saturated carbocycles. The fourth-order valence-electron chi connectivity index (χ4n) is 0.339. The van der Waals surface area contributed by atoms with E-state index in [0.717, 1.165) is 0 Å². The lowest BCUT2D eigenvalue weighted by molar-refractivity contribution is -0.139. The van der Waals surface area contributed by atoms with Crippen LogP contribution in [-0.4, -0.2) is 23.8 Å². The summed E-state index contributed by atoms with van der Waals surface area (Å²) < 4.78 is 11.7. The molecule has 0 saturated heterocycles. The predicted octanol–water partition coefficient (Wildman–Crippen LogP) is 0.00390. The highest BCUT2D eigenvalue weighted by atomic mass is 19.1. The molecule has 0 fully saturated rings. The number of alkyl halides is 1. The van der Waals surface area contributed by atoms with Crippen LogP contribution in [0.3, 0.4) is 0 Å². The standard InChI is InChI=1S/C5H10FNO2/c1-3(2-6)4(7)5(8)9/h3-4H,2,7H2,1H3,(H,8,9)/t3-,4-/m1/s1. The first-order chi connectivity index (χ1) is 4.09. The summed E-state index contributed by atoms with van der Waals surface area (Å²) in [5.74, 6) is -1.75. The number of rotatable bonds is 3. The molecule has 0 amide bonds. The van der Waals surface area contributed by atoms with Gasteiger partial charge in [-0.25, -0.2) is 0 Å². The molecular formula is C5H10FNO2. The number of hydrogen-bond acceptors (Lipinski definition) is 2. The number of carbonyl (C=O) groups is 1. The summed E-state index contributed by atoms with van der Waals surface area (Å²) in [6.45, 7) is 0.770. The lowest BCUT2D eigenvalue weighted by Crippen LogP contribution is -2.37. The Balaban J connectivity index is 3.72. The van der Waals surface area contributed by atoms with Crippen LogP contribution in [-0.2, 0) is 4.79 Å². The third kappa shape index (κ3) is 2.41. The van der Waals surface area contributed by atoms with Gasteiger partial charge in [-0.05, 0) is 0 Å². The van der Waals surface area contributed by atoms with Gasteiger partial charge in [-0.2, -0.15) is 0 Å². The van der Waals surface area contributed by atoms with Gasteiger partial charge in [0.05, 0.1) is 6.67 Å².